The summed E-state index contributed by atoms with van der Waals surface area (Å²) in [5.74, 6) is 2.20. The molecule has 2 aromatic carbocycles. The molecule has 4 fully saturated rings. The van der Waals surface area contributed by atoms with Crippen LogP contribution in [0.3, 0.4) is 0 Å². The van der Waals surface area contributed by atoms with Crippen LogP contribution in [-0.2, 0) is 17.8 Å². The highest BCUT2D eigenvalue weighted by molar-refractivity contribution is 6.30. The van der Waals surface area contributed by atoms with E-state index in [-0.39, 0.29) is 43.1 Å². The van der Waals surface area contributed by atoms with Crippen molar-refractivity contribution in [2.75, 3.05) is 18.4 Å². The highest BCUT2D eigenvalue weighted by atomic mass is 35.5. The lowest BCUT2D eigenvalue weighted by molar-refractivity contribution is -0.124. The summed E-state index contributed by atoms with van der Waals surface area (Å²) in [5.41, 5.74) is 2.10. The molecule has 4 aromatic rings. The summed E-state index contributed by atoms with van der Waals surface area (Å²) in [5, 5.41) is 7.24. The number of anilines is 1. The third-order valence-corrected chi connectivity index (χ3v) is 11.0. The Kier molecular flexibility index (Phi) is 8.43. The van der Waals surface area contributed by atoms with Gasteiger partial charge in [0.1, 0.15) is 11.5 Å². The molecule has 5 atom stereocenters. The van der Waals surface area contributed by atoms with Crippen LogP contribution >= 0.6 is 11.6 Å². The first-order valence-electron chi connectivity index (χ1n) is 16.6. The number of benzene rings is 2. The van der Waals surface area contributed by atoms with Crippen molar-refractivity contribution in [3.8, 4) is 11.5 Å². The van der Waals surface area contributed by atoms with Crippen molar-refractivity contribution in [3.63, 3.8) is 0 Å². The number of guanidine groups is 1. The molecule has 2 N–H and O–H groups in total. The smallest absolute Gasteiger partial charge is 0.261 e. The van der Waals surface area contributed by atoms with Gasteiger partial charge in [-0.15, -0.1) is 0 Å². The van der Waals surface area contributed by atoms with Gasteiger partial charge >= 0.3 is 0 Å². The highest BCUT2D eigenvalue weighted by Gasteiger charge is 2.56. The zero-order valence-electron chi connectivity index (χ0n) is 27.6. The molecule has 8 rings (SSSR count). The van der Waals surface area contributed by atoms with Crippen molar-refractivity contribution in [1.29, 1.82) is 0 Å². The molecule has 48 heavy (non-hydrogen) atoms. The number of rotatable bonds is 6. The second-order valence-corrected chi connectivity index (χ2v) is 14.6. The van der Waals surface area contributed by atoms with Crippen LogP contribution in [0, 0.1) is 29.0 Å². The molecule has 1 amide bonds. The Morgan fingerprint density at radius 2 is 1.98 bits per heavy atom. The minimum atomic E-state index is -0.428. The van der Waals surface area contributed by atoms with Gasteiger partial charge in [0.25, 0.3) is 5.56 Å². The predicted octanol–water partition coefficient (Wildman–Crippen LogP) is 5.55. The number of piperazine rings is 1. The lowest BCUT2D eigenvalue weighted by Gasteiger charge is -2.61. The predicted molar refractivity (Wildman–Crippen MR) is 185 cm³/mol. The van der Waals surface area contributed by atoms with E-state index in [1.165, 1.54) is 17.1 Å². The SMILES string of the molecule is C[C@@H]1C(N=C(Nc2ccc3c(=O)n(CCc4ccc(Cl)cc4F)c(-c4cnccn4)nc3c2)N2CC(=O)N[C@@H](C)C2)C[C@@H]2C[C@H]1C2(C)C. The summed E-state index contributed by atoms with van der Waals surface area (Å²) in [6.07, 6.45) is 7.18. The molecule has 12 heteroatoms. The van der Waals surface area contributed by atoms with E-state index in [2.05, 4.69) is 41.4 Å². The number of aryl methyl sites for hydroxylation is 1. The van der Waals surface area contributed by atoms with Crippen molar-refractivity contribution < 1.29 is 9.18 Å². The molecule has 3 heterocycles. The first-order valence-corrected chi connectivity index (χ1v) is 17.0. The zero-order chi connectivity index (χ0) is 33.7. The van der Waals surface area contributed by atoms with E-state index in [1.54, 1.807) is 36.8 Å². The van der Waals surface area contributed by atoms with Crippen LogP contribution in [0.15, 0.2) is 64.8 Å². The average Bonchev–Trinajstić information content (AvgIpc) is 3.05. The van der Waals surface area contributed by atoms with E-state index in [0.29, 0.717) is 74.4 Å². The van der Waals surface area contributed by atoms with E-state index in [1.807, 2.05) is 24.0 Å². The lowest BCUT2D eigenvalue weighted by atomic mass is 9.45. The minimum Gasteiger partial charge on any atom is -0.350 e. The van der Waals surface area contributed by atoms with Crippen LogP contribution in [0.5, 0.6) is 0 Å². The Bertz CT molecular complexity index is 1970. The highest BCUT2D eigenvalue weighted by Crippen LogP contribution is 2.61. The Labute approximate surface area is 283 Å². The van der Waals surface area contributed by atoms with E-state index in [9.17, 15) is 14.0 Å². The maximum Gasteiger partial charge on any atom is 0.261 e. The number of hydrogen-bond acceptors (Lipinski definition) is 6. The number of fused-ring (bicyclic) bond motifs is 3. The molecule has 1 saturated heterocycles. The van der Waals surface area contributed by atoms with Crippen molar-refractivity contribution in [1.82, 2.24) is 29.7 Å². The molecule has 0 radical (unpaired) electrons. The topological polar surface area (TPSA) is 117 Å². The number of nitrogens with one attached hydrogen (secondary N) is 2. The van der Waals surface area contributed by atoms with Gasteiger partial charge in [-0.3, -0.25) is 19.1 Å². The fourth-order valence-electron chi connectivity index (χ4n) is 7.94. The summed E-state index contributed by atoms with van der Waals surface area (Å²) in [6.45, 7) is 10.0. The summed E-state index contributed by atoms with van der Waals surface area (Å²) in [6, 6.07) is 10.1. The standard InChI is InChI=1S/C36H40ClFN8O2/c1-20-18-45(19-32(47)41-20)35(44-29-14-23-13-27(21(29)2)36(23,3)4)42-25-7-8-26-30(16-25)43-33(31-17-39-10-11-40-31)46(34(26)48)12-9-22-5-6-24(37)15-28(22)38/h5-8,10-11,15-17,20-21,23,27,29H,9,12-14,18-19H2,1-4H3,(H,41,47)(H,42,44)/t20-,21-,23-,27+,29?/m0/s1. The third-order valence-electron chi connectivity index (χ3n) is 10.8. The van der Waals surface area contributed by atoms with Crippen LogP contribution in [-0.4, -0.2) is 61.5 Å². The molecule has 4 aliphatic rings. The number of halogens is 2. The Morgan fingerprint density at radius 1 is 1.15 bits per heavy atom. The molecule has 2 bridgehead atoms. The van der Waals surface area contributed by atoms with Gasteiger partial charge in [0.2, 0.25) is 5.91 Å². The molecule has 250 valence electrons. The van der Waals surface area contributed by atoms with Crippen LogP contribution in [0.2, 0.25) is 5.02 Å². The van der Waals surface area contributed by atoms with Gasteiger partial charge in [0.15, 0.2) is 11.8 Å². The first-order chi connectivity index (χ1) is 23.0. The first kappa shape index (κ1) is 32.2. The molecule has 1 unspecified atom stereocenters. The van der Waals surface area contributed by atoms with Crippen molar-refractivity contribution >= 4 is 40.1 Å². The minimum absolute atomic E-state index is 0.0259. The van der Waals surface area contributed by atoms with Gasteiger partial charge in [-0.1, -0.05) is 38.4 Å². The molecule has 3 saturated carbocycles. The van der Waals surface area contributed by atoms with Gasteiger partial charge in [0.05, 0.1) is 29.7 Å². The maximum atomic E-state index is 14.6. The molecular formula is C36H40ClFN8O2. The lowest BCUT2D eigenvalue weighted by Crippen LogP contribution is -2.58. The van der Waals surface area contributed by atoms with Crippen LogP contribution in [0.25, 0.3) is 22.4 Å². The summed E-state index contributed by atoms with van der Waals surface area (Å²) >= 11 is 5.95. The number of carbonyl (C=O) groups excluding carboxylic acids is 1. The molecule has 1 aliphatic heterocycles. The van der Waals surface area contributed by atoms with E-state index in [4.69, 9.17) is 21.6 Å². The number of nitrogens with zero attached hydrogens (tertiary/aromatic N) is 6. The van der Waals surface area contributed by atoms with Crippen LogP contribution < -0.4 is 16.2 Å². The summed E-state index contributed by atoms with van der Waals surface area (Å²) in [4.78, 5) is 47.4. The molecule has 10 nitrogen and oxygen atoms in total. The van der Waals surface area contributed by atoms with Gasteiger partial charge < -0.3 is 15.5 Å². The summed E-state index contributed by atoms with van der Waals surface area (Å²) in [7, 11) is 0. The maximum absolute atomic E-state index is 14.6. The number of amides is 1. The normalized spacial score (nSPS) is 25.0. The Hall–Kier alpha value is -4.38. The van der Waals surface area contributed by atoms with Gasteiger partial charge in [-0.2, -0.15) is 0 Å². The van der Waals surface area contributed by atoms with Gasteiger partial charge in [-0.25, -0.2) is 19.4 Å². The van der Waals surface area contributed by atoms with E-state index >= 15 is 0 Å². The zero-order valence-corrected chi connectivity index (χ0v) is 28.3. The second kappa shape index (κ2) is 12.6. The van der Waals surface area contributed by atoms with Crippen molar-refractivity contribution in [2.24, 2.45) is 28.2 Å². The van der Waals surface area contributed by atoms with Gasteiger partial charge in [-0.05, 0) is 85.3 Å². The van der Waals surface area contributed by atoms with E-state index < -0.39 is 5.82 Å². The largest absolute Gasteiger partial charge is 0.350 e. The van der Waals surface area contributed by atoms with Crippen molar-refractivity contribution in [3.05, 3.63) is 81.7 Å². The van der Waals surface area contributed by atoms with Gasteiger partial charge in [0, 0.05) is 42.2 Å². The number of aliphatic imine (C=N–C) groups is 1. The van der Waals surface area contributed by atoms with Crippen LogP contribution in [0.1, 0.15) is 46.1 Å². The van der Waals surface area contributed by atoms with Crippen LogP contribution in [0.4, 0.5) is 10.1 Å². The average molecular weight is 671 g/mol. The molecule has 2 aromatic heterocycles. The molecule has 0 spiro atoms. The number of carbonyl (C=O) groups is 1. The van der Waals surface area contributed by atoms with E-state index in [0.717, 1.165) is 6.42 Å². The fraction of sp³-hybridized carbons (Fsp3) is 0.444. The Morgan fingerprint density at radius 3 is 2.69 bits per heavy atom. The number of aromatic nitrogens is 4. The summed E-state index contributed by atoms with van der Waals surface area (Å²) < 4.78 is 16.1. The fourth-order valence-corrected chi connectivity index (χ4v) is 8.10. The quantitative estimate of drug-likeness (QED) is 0.204. The third kappa shape index (κ3) is 6.04. The molecular weight excluding hydrogens is 631 g/mol. The monoisotopic (exact) mass is 670 g/mol. The Balaban J connectivity index is 1.24. The molecule has 3 aliphatic carbocycles. The second-order valence-electron chi connectivity index (χ2n) is 14.1. The van der Waals surface area contributed by atoms with Crippen molar-refractivity contribution in [2.45, 2.75) is 65.6 Å². The number of hydrogen-bond donors (Lipinski definition) is 2.